The zero-order chi connectivity index (χ0) is 21.1. The van der Waals surface area contributed by atoms with Gasteiger partial charge in [-0.3, -0.25) is 4.79 Å². The van der Waals surface area contributed by atoms with Crippen LogP contribution in [0.4, 0.5) is 17.5 Å². The van der Waals surface area contributed by atoms with E-state index in [4.69, 9.17) is 15.7 Å². The van der Waals surface area contributed by atoms with Crippen LogP contribution in [0.2, 0.25) is 0 Å². The first-order chi connectivity index (χ1) is 14.4. The van der Waals surface area contributed by atoms with Crippen molar-refractivity contribution in [2.45, 2.75) is 45.1 Å². The molecule has 4 N–H and O–H groups in total. The number of carbonyl (C=O) groups excluding carboxylic acids is 1. The third-order valence-electron chi connectivity index (χ3n) is 6.22. The highest BCUT2D eigenvalue weighted by Crippen LogP contribution is 2.37. The summed E-state index contributed by atoms with van der Waals surface area (Å²) in [6.07, 6.45) is 3.64. The van der Waals surface area contributed by atoms with Crippen molar-refractivity contribution in [1.29, 1.82) is 0 Å². The number of aromatic nitrogens is 2. The Morgan fingerprint density at radius 1 is 0.967 bits per heavy atom. The number of para-hydroxylation sites is 2. The van der Waals surface area contributed by atoms with Crippen LogP contribution in [0.1, 0.15) is 39.5 Å². The average Bonchev–Trinajstić information content (AvgIpc) is 2.74. The highest BCUT2D eigenvalue weighted by Gasteiger charge is 2.35. The van der Waals surface area contributed by atoms with Gasteiger partial charge in [-0.15, -0.1) is 0 Å². The summed E-state index contributed by atoms with van der Waals surface area (Å²) in [5.41, 5.74) is 7.17. The Labute approximate surface area is 177 Å². The fourth-order valence-electron chi connectivity index (χ4n) is 4.38. The maximum Gasteiger partial charge on any atom is 0.225 e. The Kier molecular flexibility index (Phi) is 5.57. The third kappa shape index (κ3) is 4.37. The summed E-state index contributed by atoms with van der Waals surface area (Å²) in [5, 5.41) is 7.98. The van der Waals surface area contributed by atoms with E-state index in [0.29, 0.717) is 11.9 Å². The van der Waals surface area contributed by atoms with Gasteiger partial charge < -0.3 is 16.4 Å². The van der Waals surface area contributed by atoms with Gasteiger partial charge in [0.1, 0.15) is 5.82 Å². The summed E-state index contributed by atoms with van der Waals surface area (Å²) < 4.78 is 0. The van der Waals surface area contributed by atoms with Gasteiger partial charge in [-0.05, 0) is 69.7 Å². The van der Waals surface area contributed by atoms with Gasteiger partial charge >= 0.3 is 0 Å². The van der Waals surface area contributed by atoms with Crippen LogP contribution < -0.4 is 16.4 Å². The fraction of sp³-hybridized carbons (Fsp3) is 0.375. The number of amides is 1. The lowest BCUT2D eigenvalue weighted by molar-refractivity contribution is -0.123. The van der Waals surface area contributed by atoms with Gasteiger partial charge in [0.15, 0.2) is 0 Å². The van der Waals surface area contributed by atoms with Crippen molar-refractivity contribution < 1.29 is 4.79 Å². The van der Waals surface area contributed by atoms with Crippen LogP contribution in [0, 0.1) is 11.8 Å². The molecule has 4 rings (SSSR count). The van der Waals surface area contributed by atoms with Gasteiger partial charge in [0.05, 0.1) is 5.52 Å². The van der Waals surface area contributed by atoms with Crippen molar-refractivity contribution in [1.82, 2.24) is 9.97 Å². The molecule has 3 aromatic rings. The quantitative estimate of drug-likeness (QED) is 0.547. The van der Waals surface area contributed by atoms with Crippen LogP contribution in [0.5, 0.6) is 0 Å². The van der Waals surface area contributed by atoms with Crippen molar-refractivity contribution in [3.8, 4) is 0 Å². The lowest BCUT2D eigenvalue weighted by atomic mass is 9.73. The Morgan fingerprint density at radius 3 is 2.33 bits per heavy atom. The molecule has 0 atom stereocenters. The predicted octanol–water partition coefficient (Wildman–Crippen LogP) is 4.86. The number of nitrogens with one attached hydrogen (secondary N) is 2. The number of anilines is 3. The molecule has 6 heteroatoms. The van der Waals surface area contributed by atoms with Crippen LogP contribution in [-0.2, 0) is 4.79 Å². The number of hydrogen-bond donors (Lipinski definition) is 3. The van der Waals surface area contributed by atoms with Crippen LogP contribution in [0.25, 0.3) is 10.9 Å². The minimum atomic E-state index is -0.199. The smallest absolute Gasteiger partial charge is 0.225 e. The van der Waals surface area contributed by atoms with Crippen molar-refractivity contribution in [2.75, 3.05) is 10.6 Å². The van der Waals surface area contributed by atoms with Crippen molar-refractivity contribution in [2.24, 2.45) is 17.6 Å². The number of rotatable bonds is 6. The first-order valence-corrected chi connectivity index (χ1v) is 10.6. The van der Waals surface area contributed by atoms with Gasteiger partial charge in [-0.2, -0.15) is 4.98 Å². The van der Waals surface area contributed by atoms with Crippen molar-refractivity contribution in [3.05, 3.63) is 54.6 Å². The molecule has 156 valence electrons. The Balaban J connectivity index is 1.58. The molecule has 2 aromatic carbocycles. The highest BCUT2D eigenvalue weighted by atomic mass is 16.1. The van der Waals surface area contributed by atoms with E-state index in [1.54, 1.807) is 0 Å². The number of fused-ring (bicyclic) bond motifs is 1. The van der Waals surface area contributed by atoms with Crippen LogP contribution >= 0.6 is 0 Å². The molecule has 1 saturated carbocycles. The van der Waals surface area contributed by atoms with E-state index in [0.717, 1.165) is 48.1 Å². The number of hydrogen-bond acceptors (Lipinski definition) is 5. The first-order valence-electron chi connectivity index (χ1n) is 10.6. The van der Waals surface area contributed by atoms with Crippen LogP contribution in [-0.4, -0.2) is 21.4 Å². The van der Waals surface area contributed by atoms with Crippen LogP contribution in [0.3, 0.4) is 0 Å². The van der Waals surface area contributed by atoms with Gasteiger partial charge in [-0.1, -0.05) is 30.3 Å². The number of nitrogens with zero attached hydrogens (tertiary/aromatic N) is 2. The molecule has 6 nitrogen and oxygen atoms in total. The maximum atomic E-state index is 11.5. The fourth-order valence-corrected chi connectivity index (χ4v) is 4.38. The predicted molar refractivity (Wildman–Crippen MR) is 122 cm³/mol. The molecule has 30 heavy (non-hydrogen) atoms. The van der Waals surface area contributed by atoms with E-state index in [-0.39, 0.29) is 17.4 Å². The van der Waals surface area contributed by atoms with Gasteiger partial charge in [0.25, 0.3) is 0 Å². The third-order valence-corrected chi connectivity index (χ3v) is 6.22. The summed E-state index contributed by atoms with van der Waals surface area (Å²) in [5.74, 6) is 1.65. The first kappa shape index (κ1) is 20.1. The normalized spacial score (nSPS) is 19.4. The second kappa shape index (κ2) is 8.30. The molecule has 1 heterocycles. The van der Waals surface area contributed by atoms with Crippen molar-refractivity contribution >= 4 is 34.3 Å². The van der Waals surface area contributed by atoms with E-state index in [1.165, 1.54) is 0 Å². The maximum absolute atomic E-state index is 11.5. The van der Waals surface area contributed by atoms with Gasteiger partial charge in [0.2, 0.25) is 11.9 Å². The SMILES string of the molecule is CC(C)(Nc1nc(Nc2ccccc2)c2ccccc2n1)C1CCC(C(N)=O)CC1. The summed E-state index contributed by atoms with van der Waals surface area (Å²) in [6, 6.07) is 18.0. The second-order valence-electron chi connectivity index (χ2n) is 8.70. The van der Waals surface area contributed by atoms with E-state index in [1.807, 2.05) is 54.6 Å². The number of nitrogens with two attached hydrogens (primary N) is 1. The highest BCUT2D eigenvalue weighted by molar-refractivity contribution is 5.91. The summed E-state index contributed by atoms with van der Waals surface area (Å²) in [7, 11) is 0. The topological polar surface area (TPSA) is 92.9 Å². The zero-order valence-electron chi connectivity index (χ0n) is 17.6. The van der Waals surface area contributed by atoms with Crippen molar-refractivity contribution in [3.63, 3.8) is 0 Å². The largest absolute Gasteiger partial charge is 0.369 e. The molecule has 1 aliphatic rings. The molecule has 1 fully saturated rings. The van der Waals surface area contributed by atoms with E-state index >= 15 is 0 Å². The molecule has 0 unspecified atom stereocenters. The summed E-state index contributed by atoms with van der Waals surface area (Å²) in [4.78, 5) is 21.1. The Bertz CT molecular complexity index is 1030. The molecule has 1 aromatic heterocycles. The molecule has 0 bridgehead atoms. The van der Waals surface area contributed by atoms with Gasteiger partial charge in [0, 0.05) is 22.5 Å². The molecular weight excluding hydrogens is 374 g/mol. The molecule has 1 aliphatic carbocycles. The summed E-state index contributed by atoms with van der Waals surface area (Å²) in [6.45, 7) is 4.37. The number of benzene rings is 2. The molecule has 1 amide bonds. The molecule has 0 radical (unpaired) electrons. The molecule has 0 spiro atoms. The molecular formula is C24H29N5O. The standard InChI is InChI=1S/C24H29N5O/c1-24(2,17-14-12-16(13-15-17)21(25)30)29-23-27-20-11-7-6-10-19(20)22(28-23)26-18-8-4-3-5-9-18/h3-11,16-17H,12-15H2,1-2H3,(H2,25,30)(H2,26,27,28,29). The molecule has 0 saturated heterocycles. The number of primary amides is 1. The van der Waals surface area contributed by atoms with Gasteiger partial charge in [-0.25, -0.2) is 4.98 Å². The lowest BCUT2D eigenvalue weighted by Gasteiger charge is -2.39. The number of carbonyl (C=O) groups is 1. The monoisotopic (exact) mass is 403 g/mol. The van der Waals surface area contributed by atoms with E-state index < -0.39 is 0 Å². The second-order valence-corrected chi connectivity index (χ2v) is 8.70. The Morgan fingerprint density at radius 2 is 1.63 bits per heavy atom. The zero-order valence-corrected chi connectivity index (χ0v) is 17.6. The van der Waals surface area contributed by atoms with E-state index in [9.17, 15) is 4.79 Å². The Hall–Kier alpha value is -3.15. The summed E-state index contributed by atoms with van der Waals surface area (Å²) >= 11 is 0. The van der Waals surface area contributed by atoms with E-state index in [2.05, 4.69) is 24.5 Å². The minimum Gasteiger partial charge on any atom is -0.369 e. The lowest BCUT2D eigenvalue weighted by Crippen LogP contribution is -2.43. The molecule has 0 aliphatic heterocycles. The van der Waals surface area contributed by atoms with Crippen LogP contribution in [0.15, 0.2) is 54.6 Å². The minimum absolute atomic E-state index is 0.00986. The average molecular weight is 404 g/mol.